The molecule has 0 fully saturated rings. The van der Waals surface area contributed by atoms with Gasteiger partial charge in [-0.1, -0.05) is 0 Å². The van der Waals surface area contributed by atoms with E-state index < -0.39 is 0 Å². The van der Waals surface area contributed by atoms with Crippen LogP contribution in [0, 0.1) is 0 Å². The summed E-state index contributed by atoms with van der Waals surface area (Å²) in [7, 11) is 8.05. The van der Waals surface area contributed by atoms with Crippen molar-refractivity contribution in [2.45, 2.75) is 19.3 Å². The van der Waals surface area contributed by atoms with Crippen LogP contribution in [0.1, 0.15) is 19.3 Å². The van der Waals surface area contributed by atoms with Gasteiger partial charge in [0.15, 0.2) is 0 Å². The van der Waals surface area contributed by atoms with Gasteiger partial charge in [0.2, 0.25) is 0 Å². The van der Waals surface area contributed by atoms with Crippen LogP contribution in [0.5, 0.6) is 0 Å². The van der Waals surface area contributed by atoms with E-state index in [1.165, 1.54) is 25.8 Å². The van der Waals surface area contributed by atoms with Crippen LogP contribution < -0.4 is 4.89 Å². The molecule has 0 saturated carbocycles. The Morgan fingerprint density at radius 2 is 1.82 bits per heavy atom. The Kier molecular flexibility index (Phi) is 5.42. The zero-order valence-corrected chi connectivity index (χ0v) is 8.43. The monoisotopic (exact) mass is 160 g/mol. The lowest BCUT2D eigenvalue weighted by molar-refractivity contribution is -0.858. The van der Waals surface area contributed by atoms with Crippen molar-refractivity contribution in [2.24, 2.45) is 0 Å². The van der Waals surface area contributed by atoms with Crippen LogP contribution in [0.2, 0.25) is 1.41 Å². The van der Waals surface area contributed by atoms with Gasteiger partial charge < -0.3 is 9.79 Å². The number of nitrogens with one attached hydrogen (secondary N) is 1. The van der Waals surface area contributed by atoms with Crippen molar-refractivity contribution in [3.63, 3.8) is 0 Å². The molecule has 0 aromatic rings. The maximum atomic E-state index is 7.58. The first-order valence-electron chi connectivity index (χ1n) is 4.87. The van der Waals surface area contributed by atoms with E-state index in [9.17, 15) is 0 Å². The fourth-order valence-corrected chi connectivity index (χ4v) is 1.03. The predicted molar refractivity (Wildman–Crippen MR) is 50.1 cm³/mol. The maximum Gasteiger partial charge on any atom is 0.347 e. The maximum absolute atomic E-state index is 7.58. The number of quaternary nitrogens is 1. The molecule has 2 nitrogen and oxygen atoms in total. The average molecular weight is 160 g/mol. The largest absolute Gasteiger partial charge is 0.347 e. The van der Waals surface area contributed by atoms with E-state index in [1.54, 1.807) is 0 Å². The lowest BCUT2D eigenvalue weighted by Crippen LogP contribution is -3.05. The minimum absolute atomic E-state index is 0.349. The molecule has 0 radical (unpaired) electrons. The number of hydrogen-bond donors (Lipinski definition) is 1. The van der Waals surface area contributed by atoms with E-state index in [0.29, 0.717) is 4.89 Å². The lowest BCUT2D eigenvalue weighted by Gasteiger charge is -2.09. The molecule has 0 aromatic heterocycles. The Labute approximate surface area is 72.6 Å². The second-order valence-electron chi connectivity index (χ2n) is 3.67. The van der Waals surface area contributed by atoms with E-state index in [0.717, 1.165) is 6.54 Å². The third kappa shape index (κ3) is 9.92. The fraction of sp³-hybridized carbons (Fsp3) is 1.00. The quantitative estimate of drug-likeness (QED) is 0.532. The predicted octanol–water partition coefficient (Wildman–Crippen LogP) is -0.137. The summed E-state index contributed by atoms with van der Waals surface area (Å²) in [5.41, 5.74) is 0. The minimum atomic E-state index is 0.349. The topological polar surface area (TPSA) is 7.68 Å². The normalized spacial score (nSPS) is 13.7. The van der Waals surface area contributed by atoms with Crippen molar-refractivity contribution in [3.8, 4) is 0 Å². The van der Waals surface area contributed by atoms with Gasteiger partial charge in [-0.05, 0) is 39.9 Å². The Morgan fingerprint density at radius 3 is 2.27 bits per heavy atom. The lowest BCUT2D eigenvalue weighted by atomic mass is 10.2. The van der Waals surface area contributed by atoms with E-state index in [2.05, 4.69) is 19.0 Å². The molecular weight excluding hydrogens is 136 g/mol. The molecule has 0 aliphatic carbocycles. The molecule has 0 spiro atoms. The first-order chi connectivity index (χ1) is 5.42. The Hall–Kier alpha value is -0.0800. The molecule has 0 saturated heterocycles. The molecule has 11 heavy (non-hydrogen) atoms. The van der Waals surface area contributed by atoms with Crippen molar-refractivity contribution in [1.29, 1.82) is 0 Å². The highest BCUT2D eigenvalue weighted by Crippen LogP contribution is 1.93. The van der Waals surface area contributed by atoms with E-state index in [-0.39, 0.29) is 0 Å². The van der Waals surface area contributed by atoms with Crippen LogP contribution in [0.15, 0.2) is 0 Å². The first-order valence-corrected chi connectivity index (χ1v) is 4.42. The summed E-state index contributed by atoms with van der Waals surface area (Å²) in [6.07, 6.45) is 3.68. The Balaban J connectivity index is 3.12. The van der Waals surface area contributed by atoms with Crippen molar-refractivity contribution in [1.82, 2.24) is 4.90 Å². The molecule has 0 aromatic carbocycles. The van der Waals surface area contributed by atoms with Gasteiger partial charge in [-0.3, -0.25) is 0 Å². The number of nitrogens with zero attached hydrogens (tertiary/aromatic N) is 1. The fourth-order valence-electron chi connectivity index (χ4n) is 1.03. The Bertz CT molecular complexity index is 108. The first kappa shape index (κ1) is 9.01. The molecule has 68 valence electrons. The SMILES string of the molecule is [2H][N+](C)(C)CCCCCN(C)C. The third-order valence-electron chi connectivity index (χ3n) is 1.71. The van der Waals surface area contributed by atoms with Crippen LogP contribution in [0.4, 0.5) is 0 Å². The summed E-state index contributed by atoms with van der Waals surface area (Å²) in [5.74, 6) is 0. The molecule has 0 unspecified atom stereocenters. The molecule has 0 aliphatic heterocycles. The smallest absolute Gasteiger partial charge is 0.340 e. The molecule has 0 rings (SSSR count). The van der Waals surface area contributed by atoms with Crippen LogP contribution >= 0.6 is 0 Å². The van der Waals surface area contributed by atoms with Crippen molar-refractivity contribution >= 4 is 0 Å². The van der Waals surface area contributed by atoms with Crippen LogP contribution in [-0.4, -0.2) is 46.2 Å². The molecule has 0 amide bonds. The van der Waals surface area contributed by atoms with E-state index in [1.807, 2.05) is 14.1 Å². The van der Waals surface area contributed by atoms with Gasteiger partial charge in [0.1, 0.15) is 0 Å². The van der Waals surface area contributed by atoms with Crippen molar-refractivity contribution in [2.75, 3.05) is 41.3 Å². The van der Waals surface area contributed by atoms with Crippen LogP contribution in [-0.2, 0) is 0 Å². The van der Waals surface area contributed by atoms with Gasteiger partial charge in [0.25, 0.3) is 0 Å². The van der Waals surface area contributed by atoms with Gasteiger partial charge in [0, 0.05) is 0 Å². The molecule has 0 bridgehead atoms. The molecular formula is C9H23N2+. The second-order valence-corrected chi connectivity index (χ2v) is 3.67. The molecule has 0 aliphatic rings. The third-order valence-corrected chi connectivity index (χ3v) is 1.71. The minimum Gasteiger partial charge on any atom is -0.340 e. The number of hydrogen-bond acceptors (Lipinski definition) is 1. The average Bonchev–Trinajstić information content (AvgIpc) is 1.83. The molecule has 1 N–H and O–H groups in total. The Morgan fingerprint density at radius 1 is 1.18 bits per heavy atom. The molecule has 0 atom stereocenters. The second kappa shape index (κ2) is 6.62. The molecule has 0 heterocycles. The van der Waals surface area contributed by atoms with Crippen LogP contribution in [0.25, 0.3) is 0 Å². The van der Waals surface area contributed by atoms with E-state index in [4.69, 9.17) is 1.41 Å². The highest BCUT2D eigenvalue weighted by atomic mass is 15.1. The summed E-state index contributed by atoms with van der Waals surface area (Å²) >= 11 is 0. The highest BCUT2D eigenvalue weighted by Gasteiger charge is 1.94. The van der Waals surface area contributed by atoms with Crippen molar-refractivity contribution in [3.05, 3.63) is 0 Å². The summed E-state index contributed by atoms with van der Waals surface area (Å²) in [5, 5.41) is 0. The van der Waals surface area contributed by atoms with Crippen molar-refractivity contribution < 1.29 is 6.30 Å². The zero-order chi connectivity index (χ0) is 9.61. The van der Waals surface area contributed by atoms with Gasteiger partial charge in [-0.25, -0.2) is 0 Å². The summed E-state index contributed by atoms with van der Waals surface area (Å²) < 4.78 is 7.58. The van der Waals surface area contributed by atoms with Gasteiger partial charge in [-0.15, -0.1) is 0 Å². The standard InChI is InChI=1S/C9H22N2/c1-10(2)8-6-5-7-9-11(3)4/h5-9H2,1-4H3/p+1/i/hD. The highest BCUT2D eigenvalue weighted by molar-refractivity contribution is 4.44. The zero-order valence-electron chi connectivity index (χ0n) is 9.43. The van der Waals surface area contributed by atoms with E-state index >= 15 is 0 Å². The number of unbranched alkanes of at least 4 members (excludes halogenated alkanes) is 2. The molecule has 2 heteroatoms. The van der Waals surface area contributed by atoms with Crippen LogP contribution in [0.3, 0.4) is 0 Å². The van der Waals surface area contributed by atoms with Gasteiger partial charge in [-0.2, -0.15) is 0 Å². The summed E-state index contributed by atoms with van der Waals surface area (Å²) in [6.45, 7) is 2.14. The van der Waals surface area contributed by atoms with Gasteiger partial charge in [0.05, 0.1) is 20.6 Å². The van der Waals surface area contributed by atoms with Gasteiger partial charge >= 0.3 is 1.41 Å². The number of rotatable bonds is 6. The summed E-state index contributed by atoms with van der Waals surface area (Å²) in [6, 6.07) is 0. The summed E-state index contributed by atoms with van der Waals surface area (Å²) in [4.78, 5) is 2.56.